The van der Waals surface area contributed by atoms with Gasteiger partial charge in [0.1, 0.15) is 11.4 Å². The number of hydrogen-bond acceptors (Lipinski definition) is 6. The van der Waals surface area contributed by atoms with Crippen molar-refractivity contribution in [2.75, 3.05) is 26.6 Å². The van der Waals surface area contributed by atoms with Crippen molar-refractivity contribution in [1.29, 1.82) is 0 Å². The largest absolute Gasteiger partial charge is 0.496 e. The van der Waals surface area contributed by atoms with Gasteiger partial charge in [0.05, 0.1) is 31.8 Å². The minimum absolute atomic E-state index is 0.0511. The molecule has 0 unspecified atom stereocenters. The van der Waals surface area contributed by atoms with E-state index < -0.39 is 22.4 Å². The molecule has 0 aliphatic carbocycles. The summed E-state index contributed by atoms with van der Waals surface area (Å²) < 4.78 is 54.0. The summed E-state index contributed by atoms with van der Waals surface area (Å²) in [4.78, 5) is 10.3. The van der Waals surface area contributed by atoms with Gasteiger partial charge in [-0.05, 0) is 18.2 Å². The SMILES string of the molecule is COc1cc(OC)c(OC)cc1CNc1ccc(C(F)(F)F)cc1[N+](=O)[O-]. The minimum atomic E-state index is -4.67. The second kappa shape index (κ2) is 8.02. The lowest BCUT2D eigenvalue weighted by Crippen LogP contribution is -2.08. The topological polar surface area (TPSA) is 82.9 Å². The van der Waals surface area contributed by atoms with Gasteiger partial charge >= 0.3 is 6.18 Å². The molecule has 0 heterocycles. The molecule has 2 rings (SSSR count). The van der Waals surface area contributed by atoms with Crippen molar-refractivity contribution >= 4 is 11.4 Å². The first-order chi connectivity index (χ1) is 12.7. The van der Waals surface area contributed by atoms with E-state index in [4.69, 9.17) is 14.2 Å². The highest BCUT2D eigenvalue weighted by molar-refractivity contribution is 5.63. The summed E-state index contributed by atoms with van der Waals surface area (Å²) >= 11 is 0. The molecule has 0 bridgehead atoms. The van der Waals surface area contributed by atoms with Gasteiger partial charge in [0.15, 0.2) is 11.5 Å². The number of nitro benzene ring substituents is 1. The molecule has 27 heavy (non-hydrogen) atoms. The molecular weight excluding hydrogens is 369 g/mol. The van der Waals surface area contributed by atoms with Gasteiger partial charge in [-0.25, -0.2) is 0 Å². The Bertz CT molecular complexity index is 840. The molecule has 0 saturated carbocycles. The predicted molar refractivity (Wildman–Crippen MR) is 91.5 cm³/mol. The maximum absolute atomic E-state index is 12.8. The Morgan fingerprint density at radius 2 is 1.59 bits per heavy atom. The van der Waals surface area contributed by atoms with Gasteiger partial charge in [-0.1, -0.05) is 0 Å². The van der Waals surface area contributed by atoms with Crippen LogP contribution in [0.1, 0.15) is 11.1 Å². The molecule has 0 spiro atoms. The highest BCUT2D eigenvalue weighted by atomic mass is 19.4. The van der Waals surface area contributed by atoms with Crippen LogP contribution in [0.4, 0.5) is 24.5 Å². The predicted octanol–water partition coefficient (Wildman–Crippen LogP) is 4.25. The van der Waals surface area contributed by atoms with Gasteiger partial charge < -0.3 is 19.5 Å². The van der Waals surface area contributed by atoms with E-state index in [1.54, 1.807) is 12.1 Å². The molecule has 7 nitrogen and oxygen atoms in total. The van der Waals surface area contributed by atoms with Crippen molar-refractivity contribution in [1.82, 2.24) is 0 Å². The van der Waals surface area contributed by atoms with E-state index in [1.165, 1.54) is 21.3 Å². The van der Waals surface area contributed by atoms with E-state index in [9.17, 15) is 23.3 Å². The van der Waals surface area contributed by atoms with Crippen LogP contribution in [0.2, 0.25) is 0 Å². The summed E-state index contributed by atoms with van der Waals surface area (Å²) in [6.07, 6.45) is -4.67. The molecule has 0 aromatic heterocycles. The minimum Gasteiger partial charge on any atom is -0.496 e. The zero-order valence-electron chi connectivity index (χ0n) is 14.7. The van der Waals surface area contributed by atoms with Crippen LogP contribution in [0.15, 0.2) is 30.3 Å². The first-order valence-electron chi connectivity index (χ1n) is 7.59. The standard InChI is InChI=1S/C17H17F3N2O5/c1-25-14-8-16(27-3)15(26-2)6-10(14)9-21-12-5-4-11(17(18,19)20)7-13(12)22(23)24/h4-8,21H,9H2,1-3H3. The number of rotatable bonds is 7. The molecule has 1 N–H and O–H groups in total. The van der Waals surface area contributed by atoms with Crippen LogP contribution in [0.5, 0.6) is 17.2 Å². The van der Waals surface area contributed by atoms with Gasteiger partial charge in [-0.2, -0.15) is 13.2 Å². The Kier molecular flexibility index (Phi) is 5.98. The Morgan fingerprint density at radius 1 is 1.00 bits per heavy atom. The number of methoxy groups -OCH3 is 3. The summed E-state index contributed by atoms with van der Waals surface area (Å²) in [6.45, 7) is 0.0513. The van der Waals surface area contributed by atoms with Gasteiger partial charge in [0.25, 0.3) is 5.69 Å². The fraction of sp³-hybridized carbons (Fsp3) is 0.294. The van der Waals surface area contributed by atoms with Gasteiger partial charge in [0, 0.05) is 24.2 Å². The molecule has 0 amide bonds. The Balaban J connectivity index is 2.35. The quantitative estimate of drug-likeness (QED) is 0.566. The maximum Gasteiger partial charge on any atom is 0.416 e. The van der Waals surface area contributed by atoms with Crippen molar-refractivity contribution in [3.63, 3.8) is 0 Å². The summed E-state index contributed by atoms with van der Waals surface area (Å²) in [5.74, 6) is 1.27. The molecule has 0 radical (unpaired) electrons. The number of ether oxygens (including phenoxy) is 3. The van der Waals surface area contributed by atoms with Crippen LogP contribution in [0.25, 0.3) is 0 Å². The van der Waals surface area contributed by atoms with Gasteiger partial charge in [-0.3, -0.25) is 10.1 Å². The van der Waals surface area contributed by atoms with Crippen LogP contribution in [0.3, 0.4) is 0 Å². The number of benzene rings is 2. The van der Waals surface area contributed by atoms with E-state index >= 15 is 0 Å². The lowest BCUT2D eigenvalue weighted by Gasteiger charge is -2.15. The lowest BCUT2D eigenvalue weighted by molar-refractivity contribution is -0.384. The zero-order valence-corrected chi connectivity index (χ0v) is 14.7. The molecule has 0 aliphatic heterocycles. The van der Waals surface area contributed by atoms with E-state index in [0.717, 1.165) is 12.1 Å². The summed E-state index contributed by atoms with van der Waals surface area (Å²) in [7, 11) is 4.34. The van der Waals surface area contributed by atoms with Crippen LogP contribution < -0.4 is 19.5 Å². The average Bonchev–Trinajstić information content (AvgIpc) is 2.64. The summed E-state index contributed by atoms with van der Waals surface area (Å²) in [6, 6.07) is 5.49. The summed E-state index contributed by atoms with van der Waals surface area (Å²) in [5, 5.41) is 13.9. The van der Waals surface area contributed by atoms with E-state index in [-0.39, 0.29) is 12.2 Å². The van der Waals surface area contributed by atoms with E-state index in [1.807, 2.05) is 0 Å². The fourth-order valence-electron chi connectivity index (χ4n) is 2.43. The van der Waals surface area contributed by atoms with Crippen molar-refractivity contribution in [2.24, 2.45) is 0 Å². The van der Waals surface area contributed by atoms with Crippen molar-refractivity contribution in [3.05, 3.63) is 51.6 Å². The molecule has 2 aromatic rings. The van der Waals surface area contributed by atoms with Gasteiger partial charge in [-0.15, -0.1) is 0 Å². The van der Waals surface area contributed by atoms with E-state index in [2.05, 4.69) is 5.32 Å². The van der Waals surface area contributed by atoms with Crippen LogP contribution in [0, 0.1) is 10.1 Å². The molecule has 0 aliphatic rings. The van der Waals surface area contributed by atoms with E-state index in [0.29, 0.717) is 28.9 Å². The molecule has 10 heteroatoms. The fourth-order valence-corrected chi connectivity index (χ4v) is 2.43. The Labute approximate surface area is 152 Å². The van der Waals surface area contributed by atoms with Crippen molar-refractivity contribution < 1.29 is 32.3 Å². The monoisotopic (exact) mass is 386 g/mol. The van der Waals surface area contributed by atoms with Crippen LogP contribution in [-0.4, -0.2) is 26.3 Å². The molecule has 0 fully saturated rings. The zero-order chi connectivity index (χ0) is 20.2. The van der Waals surface area contributed by atoms with Gasteiger partial charge in [0.2, 0.25) is 0 Å². The molecular formula is C17H17F3N2O5. The maximum atomic E-state index is 12.8. The first kappa shape index (κ1) is 20.1. The first-order valence-corrected chi connectivity index (χ1v) is 7.59. The Hall–Kier alpha value is -3.17. The highest BCUT2D eigenvalue weighted by Gasteiger charge is 2.33. The van der Waals surface area contributed by atoms with Crippen LogP contribution >= 0.6 is 0 Å². The number of halogens is 3. The number of nitrogens with one attached hydrogen (secondary N) is 1. The number of anilines is 1. The van der Waals surface area contributed by atoms with Crippen molar-refractivity contribution in [3.8, 4) is 17.2 Å². The smallest absolute Gasteiger partial charge is 0.416 e. The third kappa shape index (κ3) is 4.52. The third-order valence-corrected chi connectivity index (χ3v) is 3.78. The number of nitro groups is 1. The van der Waals surface area contributed by atoms with Crippen molar-refractivity contribution in [2.45, 2.75) is 12.7 Å². The normalized spacial score (nSPS) is 11.0. The number of nitrogens with zero attached hydrogens (tertiary/aromatic N) is 1. The summed E-state index contributed by atoms with van der Waals surface area (Å²) in [5.41, 5.74) is -1.25. The molecule has 2 aromatic carbocycles. The average molecular weight is 386 g/mol. The lowest BCUT2D eigenvalue weighted by atomic mass is 10.1. The molecule has 146 valence electrons. The third-order valence-electron chi connectivity index (χ3n) is 3.78. The Morgan fingerprint density at radius 3 is 2.11 bits per heavy atom. The second-order valence-corrected chi connectivity index (χ2v) is 5.36. The number of hydrogen-bond donors (Lipinski definition) is 1. The van der Waals surface area contributed by atoms with Crippen LogP contribution in [-0.2, 0) is 12.7 Å². The molecule has 0 atom stereocenters. The highest BCUT2D eigenvalue weighted by Crippen LogP contribution is 2.37. The second-order valence-electron chi connectivity index (χ2n) is 5.36. The number of alkyl halides is 3. The molecule has 0 saturated heterocycles.